The topological polar surface area (TPSA) is 98.2 Å². The summed E-state index contributed by atoms with van der Waals surface area (Å²) in [6.07, 6.45) is -1.03. The van der Waals surface area contributed by atoms with Crippen LogP contribution in [0, 0.1) is 19.8 Å². The summed E-state index contributed by atoms with van der Waals surface area (Å²) in [6.45, 7) is 3.91. The Hall–Kier alpha value is -1.94. The minimum Gasteiger partial charge on any atom is -0.353 e. The van der Waals surface area contributed by atoms with Crippen molar-refractivity contribution in [2.75, 3.05) is 6.54 Å². The van der Waals surface area contributed by atoms with Crippen molar-refractivity contribution in [2.45, 2.75) is 58.2 Å². The van der Waals surface area contributed by atoms with Crippen LogP contribution in [0.15, 0.2) is 0 Å². The van der Waals surface area contributed by atoms with Gasteiger partial charge in [0.15, 0.2) is 0 Å². The predicted molar refractivity (Wildman–Crippen MR) is 99.2 cm³/mol. The molecule has 1 fully saturated rings. The van der Waals surface area contributed by atoms with Gasteiger partial charge < -0.3 is 11.1 Å². The summed E-state index contributed by atoms with van der Waals surface area (Å²) in [6, 6.07) is 0.106. The third kappa shape index (κ3) is 4.54. The molecule has 1 amide bonds. The summed E-state index contributed by atoms with van der Waals surface area (Å²) in [7, 11) is 0. The number of aryl methyl sites for hydroxylation is 2. The van der Waals surface area contributed by atoms with Crippen molar-refractivity contribution in [1.29, 1.82) is 0 Å². The number of nitrogens with two attached hydrogens (primary N) is 1. The number of carbonyl (C=O) groups excluding carboxylic acids is 1. The van der Waals surface area contributed by atoms with Crippen molar-refractivity contribution >= 4 is 24.1 Å². The van der Waals surface area contributed by atoms with Crippen molar-refractivity contribution < 1.29 is 18.0 Å². The van der Waals surface area contributed by atoms with Gasteiger partial charge in [0.05, 0.1) is 0 Å². The van der Waals surface area contributed by atoms with Crippen LogP contribution < -0.4 is 11.1 Å². The number of hydrogen-bond donors (Lipinski definition) is 2. The molecule has 0 aliphatic heterocycles. The van der Waals surface area contributed by atoms with E-state index in [0.717, 1.165) is 23.8 Å². The summed E-state index contributed by atoms with van der Waals surface area (Å²) in [5.74, 6) is -1.09. The van der Waals surface area contributed by atoms with Crippen molar-refractivity contribution in [3.8, 4) is 0 Å². The van der Waals surface area contributed by atoms with Crippen LogP contribution in [-0.4, -0.2) is 38.1 Å². The lowest BCUT2D eigenvalue weighted by molar-refractivity contribution is -0.144. The maximum atomic E-state index is 12.8. The lowest BCUT2D eigenvalue weighted by Crippen LogP contribution is -2.40. The zero-order chi connectivity index (χ0) is 19.8. The molecule has 2 heterocycles. The molecular formula is C17H24ClF3N6O. The van der Waals surface area contributed by atoms with Gasteiger partial charge in [0.2, 0.25) is 5.91 Å². The minimum absolute atomic E-state index is 0. The average molecular weight is 421 g/mol. The van der Waals surface area contributed by atoms with Crippen molar-refractivity contribution in [2.24, 2.45) is 11.7 Å². The molecule has 0 bridgehead atoms. The Labute approximate surface area is 166 Å². The van der Waals surface area contributed by atoms with E-state index in [-0.39, 0.29) is 36.6 Å². The maximum absolute atomic E-state index is 12.8. The van der Waals surface area contributed by atoms with E-state index in [0.29, 0.717) is 35.8 Å². The summed E-state index contributed by atoms with van der Waals surface area (Å²) < 4.78 is 39.6. The molecule has 2 aromatic rings. The molecule has 1 aliphatic rings. The number of aromatic nitrogens is 4. The largest absolute Gasteiger partial charge is 0.453 e. The van der Waals surface area contributed by atoms with Gasteiger partial charge in [0, 0.05) is 23.9 Å². The first kappa shape index (κ1) is 22.4. The van der Waals surface area contributed by atoms with Gasteiger partial charge in [-0.05, 0) is 51.1 Å². The normalized spacial score (nSPS) is 19.6. The zero-order valence-corrected chi connectivity index (χ0v) is 16.5. The Balaban J connectivity index is 0.00000280. The molecule has 0 aromatic carbocycles. The van der Waals surface area contributed by atoms with Gasteiger partial charge in [-0.25, -0.2) is 9.50 Å². The first-order chi connectivity index (χ1) is 12.7. The number of fused-ring (bicyclic) bond motifs is 1. The summed E-state index contributed by atoms with van der Waals surface area (Å²) in [5, 5.41) is 6.55. The average Bonchev–Trinajstić information content (AvgIpc) is 3.20. The summed E-state index contributed by atoms with van der Waals surface area (Å²) >= 11 is 0. The van der Waals surface area contributed by atoms with Crippen LogP contribution in [0.25, 0.3) is 5.78 Å². The van der Waals surface area contributed by atoms with Crippen LogP contribution in [0.2, 0.25) is 0 Å². The number of rotatable bonds is 5. The van der Waals surface area contributed by atoms with Crippen molar-refractivity contribution in [3.63, 3.8) is 0 Å². The first-order valence-corrected chi connectivity index (χ1v) is 9.00. The molecule has 1 saturated carbocycles. The van der Waals surface area contributed by atoms with Gasteiger partial charge in [0.25, 0.3) is 11.6 Å². The lowest BCUT2D eigenvalue weighted by atomic mass is 10.0. The molecule has 2 atom stereocenters. The second kappa shape index (κ2) is 8.60. The Morgan fingerprint density at radius 3 is 2.64 bits per heavy atom. The molecule has 0 saturated heterocycles. The molecule has 11 heteroatoms. The fourth-order valence-electron chi connectivity index (χ4n) is 3.72. The van der Waals surface area contributed by atoms with Crippen LogP contribution in [0.3, 0.4) is 0 Å². The quantitative estimate of drug-likeness (QED) is 0.773. The van der Waals surface area contributed by atoms with E-state index in [2.05, 4.69) is 20.4 Å². The van der Waals surface area contributed by atoms with E-state index in [4.69, 9.17) is 5.73 Å². The van der Waals surface area contributed by atoms with Crippen LogP contribution >= 0.6 is 12.4 Å². The first-order valence-electron chi connectivity index (χ1n) is 9.00. The van der Waals surface area contributed by atoms with Gasteiger partial charge in [0.1, 0.15) is 0 Å². The number of hydrogen-bond acceptors (Lipinski definition) is 5. The second-order valence-electron chi connectivity index (χ2n) is 7.01. The SMILES string of the molecule is Cc1nc2nc(C(F)(F)F)nn2c(C)c1CCC(=O)NC1CCCC1CN.Cl. The predicted octanol–water partition coefficient (Wildman–Crippen LogP) is 2.36. The van der Waals surface area contributed by atoms with Crippen molar-refractivity contribution in [3.05, 3.63) is 22.8 Å². The Morgan fingerprint density at radius 1 is 1.29 bits per heavy atom. The Kier molecular flexibility index (Phi) is 6.87. The van der Waals surface area contributed by atoms with Gasteiger partial charge in [-0.1, -0.05) is 6.42 Å². The second-order valence-corrected chi connectivity index (χ2v) is 7.01. The molecule has 156 valence electrons. The van der Waals surface area contributed by atoms with Crippen LogP contribution in [-0.2, 0) is 17.4 Å². The Bertz CT molecular complexity index is 854. The molecule has 7 nitrogen and oxygen atoms in total. The number of alkyl halides is 3. The molecular weight excluding hydrogens is 397 g/mol. The van der Waals surface area contributed by atoms with E-state index in [1.807, 2.05) is 0 Å². The van der Waals surface area contributed by atoms with Gasteiger partial charge in [-0.15, -0.1) is 17.5 Å². The van der Waals surface area contributed by atoms with E-state index in [9.17, 15) is 18.0 Å². The molecule has 3 rings (SSSR count). The number of amides is 1. The molecule has 2 unspecified atom stereocenters. The fraction of sp³-hybridized carbons (Fsp3) is 0.647. The molecule has 3 N–H and O–H groups in total. The minimum atomic E-state index is -4.63. The highest BCUT2D eigenvalue weighted by molar-refractivity contribution is 5.85. The molecule has 2 aromatic heterocycles. The van der Waals surface area contributed by atoms with Crippen LogP contribution in [0.1, 0.15) is 48.5 Å². The highest BCUT2D eigenvalue weighted by Crippen LogP contribution is 2.27. The molecule has 1 aliphatic carbocycles. The van der Waals surface area contributed by atoms with Gasteiger partial charge >= 0.3 is 6.18 Å². The Morgan fingerprint density at radius 2 is 2.00 bits per heavy atom. The standard InChI is InChI=1S/C17H23F3N6O.ClH/c1-9-12(6-7-14(27)23-13-5-3-4-11(13)8-21)10(2)26-16(22-9)24-15(25-26)17(18,19)20;/h11,13H,3-8,21H2,1-2H3,(H,23,27);1H. The van der Waals surface area contributed by atoms with Gasteiger partial charge in [-0.2, -0.15) is 18.2 Å². The van der Waals surface area contributed by atoms with Crippen molar-refractivity contribution in [1.82, 2.24) is 24.9 Å². The molecule has 0 radical (unpaired) electrons. The maximum Gasteiger partial charge on any atom is 0.453 e. The zero-order valence-electron chi connectivity index (χ0n) is 15.7. The van der Waals surface area contributed by atoms with E-state index < -0.39 is 12.0 Å². The molecule has 28 heavy (non-hydrogen) atoms. The number of nitrogens with zero attached hydrogens (tertiary/aromatic N) is 4. The third-order valence-electron chi connectivity index (χ3n) is 5.21. The number of nitrogens with one attached hydrogen (secondary N) is 1. The highest BCUT2D eigenvalue weighted by atomic mass is 35.5. The van der Waals surface area contributed by atoms with Crippen LogP contribution in [0.4, 0.5) is 13.2 Å². The smallest absolute Gasteiger partial charge is 0.353 e. The third-order valence-corrected chi connectivity index (χ3v) is 5.21. The summed E-state index contributed by atoms with van der Waals surface area (Å²) in [5.41, 5.74) is 7.50. The summed E-state index contributed by atoms with van der Waals surface area (Å²) in [4.78, 5) is 19.9. The fourth-order valence-corrected chi connectivity index (χ4v) is 3.72. The van der Waals surface area contributed by atoms with E-state index in [1.54, 1.807) is 13.8 Å². The van der Waals surface area contributed by atoms with E-state index >= 15 is 0 Å². The van der Waals surface area contributed by atoms with E-state index in [1.165, 1.54) is 0 Å². The number of carbonyl (C=O) groups is 1. The molecule has 0 spiro atoms. The highest BCUT2D eigenvalue weighted by Gasteiger charge is 2.37. The van der Waals surface area contributed by atoms with Crippen LogP contribution in [0.5, 0.6) is 0 Å². The monoisotopic (exact) mass is 420 g/mol. The van der Waals surface area contributed by atoms with Gasteiger partial charge in [-0.3, -0.25) is 4.79 Å². The number of halogens is 4. The lowest BCUT2D eigenvalue weighted by Gasteiger charge is -2.19.